The molecule has 2 aliphatic rings. The maximum absolute atomic E-state index is 12.6. The number of carbonyl (C=O) groups is 1. The van der Waals surface area contributed by atoms with Crippen LogP contribution in [0.2, 0.25) is 0 Å². The van der Waals surface area contributed by atoms with Gasteiger partial charge in [0.1, 0.15) is 18.2 Å². The predicted octanol–water partition coefficient (Wildman–Crippen LogP) is 1.66. The largest absolute Gasteiger partial charge is 0.464 e. The van der Waals surface area contributed by atoms with Crippen molar-refractivity contribution >= 4 is 12.0 Å². The SMILES string of the molecule is Cn1c(CO)nnc1C1CC(NC(=O)C2=Cc3ccccc3OC=C2)C1. The van der Waals surface area contributed by atoms with Crippen LogP contribution >= 0.6 is 0 Å². The average molecular weight is 352 g/mol. The third kappa shape index (κ3) is 3.01. The Morgan fingerprint density at radius 1 is 1.35 bits per heavy atom. The molecular weight excluding hydrogens is 332 g/mol. The Bertz CT molecular complexity index is 894. The first-order chi connectivity index (χ1) is 12.7. The van der Waals surface area contributed by atoms with Crippen molar-refractivity contribution in [3.63, 3.8) is 0 Å². The Labute approximate surface area is 151 Å². The zero-order valence-electron chi connectivity index (χ0n) is 14.4. The minimum absolute atomic E-state index is 0.107. The molecule has 4 rings (SSSR count). The number of aliphatic hydroxyl groups is 1. The lowest BCUT2D eigenvalue weighted by Gasteiger charge is -2.35. The fourth-order valence-corrected chi connectivity index (χ4v) is 3.33. The van der Waals surface area contributed by atoms with E-state index in [1.54, 1.807) is 6.08 Å². The second-order valence-electron chi connectivity index (χ2n) is 6.59. The van der Waals surface area contributed by atoms with E-state index in [0.717, 1.165) is 30.0 Å². The number of aromatic nitrogens is 3. The fourth-order valence-electron chi connectivity index (χ4n) is 3.33. The highest BCUT2D eigenvalue weighted by Gasteiger charge is 2.35. The Morgan fingerprint density at radius 3 is 2.92 bits per heavy atom. The van der Waals surface area contributed by atoms with Crippen molar-refractivity contribution in [3.05, 3.63) is 59.4 Å². The number of benzene rings is 1. The van der Waals surface area contributed by atoms with Crippen LogP contribution in [0.25, 0.3) is 6.08 Å². The summed E-state index contributed by atoms with van der Waals surface area (Å²) in [6.45, 7) is -0.125. The van der Waals surface area contributed by atoms with Crippen LogP contribution in [-0.4, -0.2) is 31.8 Å². The number of carbonyl (C=O) groups excluding carboxylic acids is 1. The fraction of sp³-hybridized carbons (Fsp3) is 0.316. The number of fused-ring (bicyclic) bond motifs is 1. The minimum atomic E-state index is -0.125. The van der Waals surface area contributed by atoms with Crippen LogP contribution in [0.1, 0.15) is 36.0 Å². The molecule has 2 heterocycles. The highest BCUT2D eigenvalue weighted by Crippen LogP contribution is 2.36. The molecule has 2 aromatic rings. The van der Waals surface area contributed by atoms with Gasteiger partial charge in [0.2, 0.25) is 0 Å². The van der Waals surface area contributed by atoms with Gasteiger partial charge in [0.05, 0.1) is 6.26 Å². The predicted molar refractivity (Wildman–Crippen MR) is 95.0 cm³/mol. The van der Waals surface area contributed by atoms with Crippen LogP contribution in [0.3, 0.4) is 0 Å². The monoisotopic (exact) mass is 352 g/mol. The topological polar surface area (TPSA) is 89.3 Å². The summed E-state index contributed by atoms with van der Waals surface area (Å²) in [6.07, 6.45) is 6.68. The lowest BCUT2D eigenvalue weighted by Crippen LogP contribution is -2.44. The normalized spacial score (nSPS) is 21.1. The molecule has 0 saturated heterocycles. The Kier molecular flexibility index (Phi) is 4.30. The average Bonchev–Trinajstić information content (AvgIpc) is 2.84. The number of hydrogen-bond acceptors (Lipinski definition) is 5. The summed E-state index contributed by atoms with van der Waals surface area (Å²) >= 11 is 0. The number of aliphatic hydroxyl groups excluding tert-OH is 1. The summed E-state index contributed by atoms with van der Waals surface area (Å²) in [4.78, 5) is 12.6. The number of para-hydroxylation sites is 1. The van der Waals surface area contributed by atoms with Gasteiger partial charge < -0.3 is 19.7 Å². The van der Waals surface area contributed by atoms with Gasteiger partial charge in [0, 0.05) is 30.1 Å². The summed E-state index contributed by atoms with van der Waals surface area (Å²) in [6, 6.07) is 7.71. The first-order valence-corrected chi connectivity index (χ1v) is 8.59. The molecule has 2 N–H and O–H groups in total. The van der Waals surface area contributed by atoms with Gasteiger partial charge in [0.25, 0.3) is 5.91 Å². The summed E-state index contributed by atoms with van der Waals surface area (Å²) in [5.41, 5.74) is 1.45. The molecule has 1 fully saturated rings. The van der Waals surface area contributed by atoms with E-state index in [0.29, 0.717) is 11.4 Å². The third-order valence-corrected chi connectivity index (χ3v) is 4.91. The Balaban J connectivity index is 1.39. The van der Waals surface area contributed by atoms with Crippen molar-refractivity contribution in [1.82, 2.24) is 20.1 Å². The van der Waals surface area contributed by atoms with E-state index in [1.165, 1.54) is 6.26 Å². The van der Waals surface area contributed by atoms with Gasteiger partial charge in [-0.15, -0.1) is 10.2 Å². The molecule has 1 aliphatic carbocycles. The second kappa shape index (κ2) is 6.76. The van der Waals surface area contributed by atoms with E-state index in [9.17, 15) is 9.90 Å². The van der Waals surface area contributed by atoms with E-state index in [1.807, 2.05) is 42.0 Å². The molecule has 1 aromatic heterocycles. The van der Waals surface area contributed by atoms with E-state index >= 15 is 0 Å². The molecule has 7 nitrogen and oxygen atoms in total. The van der Waals surface area contributed by atoms with E-state index in [2.05, 4.69) is 15.5 Å². The van der Waals surface area contributed by atoms with Gasteiger partial charge in [-0.25, -0.2) is 0 Å². The lowest BCUT2D eigenvalue weighted by atomic mass is 9.79. The first-order valence-electron chi connectivity index (χ1n) is 8.59. The van der Waals surface area contributed by atoms with Crippen molar-refractivity contribution in [3.8, 4) is 5.75 Å². The maximum Gasteiger partial charge on any atom is 0.251 e. The van der Waals surface area contributed by atoms with Crippen LogP contribution in [0.15, 0.2) is 42.2 Å². The van der Waals surface area contributed by atoms with Crippen LogP contribution < -0.4 is 10.1 Å². The van der Waals surface area contributed by atoms with Crippen molar-refractivity contribution in [2.75, 3.05) is 0 Å². The molecular formula is C19H20N4O3. The molecule has 0 atom stereocenters. The maximum atomic E-state index is 12.6. The van der Waals surface area contributed by atoms with Gasteiger partial charge in [0.15, 0.2) is 5.82 Å². The van der Waals surface area contributed by atoms with Gasteiger partial charge in [-0.3, -0.25) is 4.79 Å². The Hall–Kier alpha value is -2.93. The van der Waals surface area contributed by atoms with Crippen molar-refractivity contribution in [2.24, 2.45) is 7.05 Å². The highest BCUT2D eigenvalue weighted by molar-refractivity contribution is 6.01. The number of ether oxygens (including phenoxy) is 1. The van der Waals surface area contributed by atoms with Gasteiger partial charge in [-0.2, -0.15) is 0 Å². The minimum Gasteiger partial charge on any atom is -0.464 e. The molecule has 1 saturated carbocycles. The molecule has 0 unspecified atom stereocenters. The highest BCUT2D eigenvalue weighted by atomic mass is 16.5. The molecule has 0 radical (unpaired) electrons. The second-order valence-corrected chi connectivity index (χ2v) is 6.59. The molecule has 0 spiro atoms. The summed E-state index contributed by atoms with van der Waals surface area (Å²) in [5, 5.41) is 20.4. The third-order valence-electron chi connectivity index (χ3n) is 4.91. The molecule has 0 bridgehead atoms. The molecule has 26 heavy (non-hydrogen) atoms. The lowest BCUT2D eigenvalue weighted by molar-refractivity contribution is -0.118. The van der Waals surface area contributed by atoms with E-state index in [-0.39, 0.29) is 24.5 Å². The van der Waals surface area contributed by atoms with E-state index in [4.69, 9.17) is 4.74 Å². The number of rotatable bonds is 4. The Morgan fingerprint density at radius 2 is 2.15 bits per heavy atom. The van der Waals surface area contributed by atoms with Crippen molar-refractivity contribution in [1.29, 1.82) is 0 Å². The van der Waals surface area contributed by atoms with Crippen LogP contribution in [0.5, 0.6) is 5.75 Å². The number of hydrogen-bond donors (Lipinski definition) is 2. The summed E-state index contributed by atoms with van der Waals surface area (Å²) in [7, 11) is 1.85. The first kappa shape index (κ1) is 16.5. The molecule has 134 valence electrons. The molecule has 1 aliphatic heterocycles. The van der Waals surface area contributed by atoms with Crippen LogP contribution in [-0.2, 0) is 18.4 Å². The van der Waals surface area contributed by atoms with E-state index < -0.39 is 0 Å². The number of amides is 1. The summed E-state index contributed by atoms with van der Waals surface area (Å²) in [5.74, 6) is 2.28. The zero-order chi connectivity index (χ0) is 18.1. The van der Waals surface area contributed by atoms with Crippen LogP contribution in [0, 0.1) is 0 Å². The zero-order valence-corrected chi connectivity index (χ0v) is 14.4. The van der Waals surface area contributed by atoms with Crippen LogP contribution in [0.4, 0.5) is 0 Å². The van der Waals surface area contributed by atoms with Crippen molar-refractivity contribution < 1.29 is 14.6 Å². The molecule has 1 aromatic carbocycles. The van der Waals surface area contributed by atoms with Gasteiger partial charge in [-0.05, 0) is 31.1 Å². The smallest absolute Gasteiger partial charge is 0.251 e. The number of nitrogens with zero attached hydrogens (tertiary/aromatic N) is 3. The number of nitrogens with one attached hydrogen (secondary N) is 1. The van der Waals surface area contributed by atoms with Crippen molar-refractivity contribution in [2.45, 2.75) is 31.4 Å². The van der Waals surface area contributed by atoms with Gasteiger partial charge in [-0.1, -0.05) is 18.2 Å². The molecule has 1 amide bonds. The summed E-state index contributed by atoms with van der Waals surface area (Å²) < 4.78 is 7.35. The van der Waals surface area contributed by atoms with Gasteiger partial charge >= 0.3 is 0 Å². The standard InChI is InChI=1S/C19H20N4O3/c1-23-17(11-24)21-22-18(23)14-9-15(10-14)20-19(25)13-6-7-26-16-5-3-2-4-12(16)8-13/h2-8,14-15,24H,9-11H2,1H3,(H,20,25). The quantitative estimate of drug-likeness (QED) is 0.873. The molecule has 7 heteroatoms.